The maximum atomic E-state index is 12.2. The van der Waals surface area contributed by atoms with Crippen LogP contribution in [0.1, 0.15) is 35.6 Å². The molecule has 1 atom stereocenters. The van der Waals surface area contributed by atoms with Gasteiger partial charge in [0.1, 0.15) is 0 Å². The number of amides is 1. The third kappa shape index (κ3) is 3.40. The Morgan fingerprint density at radius 2 is 1.91 bits per heavy atom. The lowest BCUT2D eigenvalue weighted by Crippen LogP contribution is -2.29. The van der Waals surface area contributed by atoms with Crippen LogP contribution in [0.25, 0.3) is 6.08 Å². The molecule has 0 heterocycles. The molecule has 1 N–H and O–H groups in total. The summed E-state index contributed by atoms with van der Waals surface area (Å²) in [6.07, 6.45) is 6.50. The Hall–Kier alpha value is -2.06. The molecule has 0 radical (unpaired) electrons. The Kier molecular flexibility index (Phi) is 4.59. The predicted octanol–water partition coefficient (Wildman–Crippen LogP) is 4.55. The van der Waals surface area contributed by atoms with Gasteiger partial charge in [0.25, 0.3) is 0 Å². The SMILES string of the molecule is O=C(/C=C/c1ccccc1Cl)NC1CCCc2ccccc21. The van der Waals surface area contributed by atoms with Crippen molar-refractivity contribution < 1.29 is 4.79 Å². The molecule has 0 aromatic heterocycles. The van der Waals surface area contributed by atoms with Crippen molar-refractivity contribution in [2.24, 2.45) is 0 Å². The van der Waals surface area contributed by atoms with Crippen LogP contribution in [-0.2, 0) is 11.2 Å². The quantitative estimate of drug-likeness (QED) is 0.828. The number of carbonyl (C=O) groups excluding carboxylic acids is 1. The van der Waals surface area contributed by atoms with Crippen molar-refractivity contribution in [1.82, 2.24) is 5.32 Å². The normalized spacial score (nSPS) is 17.2. The second-order valence-corrected chi connectivity index (χ2v) is 5.91. The van der Waals surface area contributed by atoms with E-state index in [0.717, 1.165) is 24.8 Å². The second-order valence-electron chi connectivity index (χ2n) is 5.51. The Morgan fingerprint density at radius 1 is 1.14 bits per heavy atom. The molecule has 1 amide bonds. The second kappa shape index (κ2) is 6.80. The maximum Gasteiger partial charge on any atom is 0.244 e. The molecule has 2 aromatic carbocycles. The van der Waals surface area contributed by atoms with Crippen LogP contribution in [0.15, 0.2) is 54.6 Å². The van der Waals surface area contributed by atoms with Gasteiger partial charge < -0.3 is 5.32 Å². The standard InChI is InChI=1S/C19H18ClNO/c20-17-10-4-2-7-15(17)12-13-19(22)21-18-11-5-8-14-6-1-3-9-16(14)18/h1-4,6-7,9-10,12-13,18H,5,8,11H2,(H,21,22)/b13-12+. The largest absolute Gasteiger partial charge is 0.346 e. The monoisotopic (exact) mass is 311 g/mol. The maximum absolute atomic E-state index is 12.2. The average molecular weight is 312 g/mol. The zero-order chi connectivity index (χ0) is 15.4. The van der Waals surface area contributed by atoms with Crippen LogP contribution in [0, 0.1) is 0 Å². The van der Waals surface area contributed by atoms with Gasteiger partial charge in [0.05, 0.1) is 6.04 Å². The summed E-state index contributed by atoms with van der Waals surface area (Å²) in [6.45, 7) is 0. The van der Waals surface area contributed by atoms with Gasteiger partial charge in [0.2, 0.25) is 5.91 Å². The molecule has 3 heteroatoms. The number of carbonyl (C=O) groups is 1. The highest BCUT2D eigenvalue weighted by molar-refractivity contribution is 6.32. The molecular formula is C19H18ClNO. The number of nitrogens with one attached hydrogen (secondary N) is 1. The van der Waals surface area contributed by atoms with Crippen molar-refractivity contribution in [2.75, 3.05) is 0 Å². The predicted molar refractivity (Wildman–Crippen MR) is 90.7 cm³/mol. The van der Waals surface area contributed by atoms with Gasteiger partial charge in [0, 0.05) is 11.1 Å². The van der Waals surface area contributed by atoms with Crippen molar-refractivity contribution >= 4 is 23.6 Å². The van der Waals surface area contributed by atoms with Crippen LogP contribution < -0.4 is 5.32 Å². The summed E-state index contributed by atoms with van der Waals surface area (Å²) in [5.41, 5.74) is 3.44. The fourth-order valence-corrected chi connectivity index (χ4v) is 3.10. The summed E-state index contributed by atoms with van der Waals surface area (Å²) in [6, 6.07) is 15.9. The highest BCUT2D eigenvalue weighted by atomic mass is 35.5. The third-order valence-corrected chi connectivity index (χ3v) is 4.35. The van der Waals surface area contributed by atoms with E-state index in [2.05, 4.69) is 23.5 Å². The van der Waals surface area contributed by atoms with E-state index >= 15 is 0 Å². The smallest absolute Gasteiger partial charge is 0.244 e. The lowest BCUT2D eigenvalue weighted by Gasteiger charge is -2.25. The number of rotatable bonds is 3. The number of hydrogen-bond donors (Lipinski definition) is 1. The van der Waals surface area contributed by atoms with Crippen LogP contribution in [0.5, 0.6) is 0 Å². The fraction of sp³-hybridized carbons (Fsp3) is 0.211. The topological polar surface area (TPSA) is 29.1 Å². The molecule has 0 spiro atoms. The summed E-state index contributed by atoms with van der Waals surface area (Å²) >= 11 is 6.08. The van der Waals surface area contributed by atoms with E-state index < -0.39 is 0 Å². The molecule has 0 bridgehead atoms. The summed E-state index contributed by atoms with van der Waals surface area (Å²) in [7, 11) is 0. The highest BCUT2D eigenvalue weighted by Crippen LogP contribution is 2.29. The van der Waals surface area contributed by atoms with E-state index in [4.69, 9.17) is 11.6 Å². The van der Waals surface area contributed by atoms with E-state index in [9.17, 15) is 4.79 Å². The van der Waals surface area contributed by atoms with Gasteiger partial charge in [-0.25, -0.2) is 0 Å². The average Bonchev–Trinajstić information content (AvgIpc) is 2.54. The van der Waals surface area contributed by atoms with Gasteiger partial charge in [-0.2, -0.15) is 0 Å². The number of halogens is 1. The molecule has 2 aromatic rings. The van der Waals surface area contributed by atoms with Gasteiger partial charge in [-0.3, -0.25) is 4.79 Å². The Morgan fingerprint density at radius 3 is 2.77 bits per heavy atom. The first kappa shape index (κ1) is 14.9. The molecule has 2 nitrogen and oxygen atoms in total. The van der Waals surface area contributed by atoms with Gasteiger partial charge >= 0.3 is 0 Å². The minimum Gasteiger partial charge on any atom is -0.346 e. The summed E-state index contributed by atoms with van der Waals surface area (Å²) in [4.78, 5) is 12.2. The fourth-order valence-electron chi connectivity index (χ4n) is 2.90. The highest BCUT2D eigenvalue weighted by Gasteiger charge is 2.20. The van der Waals surface area contributed by atoms with E-state index in [1.807, 2.05) is 30.3 Å². The first-order valence-electron chi connectivity index (χ1n) is 7.55. The molecule has 112 valence electrons. The third-order valence-electron chi connectivity index (χ3n) is 4.01. The molecule has 0 saturated heterocycles. The summed E-state index contributed by atoms with van der Waals surface area (Å²) in [5, 5.41) is 3.74. The number of hydrogen-bond acceptors (Lipinski definition) is 1. The zero-order valence-corrected chi connectivity index (χ0v) is 13.0. The molecule has 0 saturated carbocycles. The van der Waals surface area contributed by atoms with E-state index in [-0.39, 0.29) is 11.9 Å². The van der Waals surface area contributed by atoms with E-state index in [0.29, 0.717) is 5.02 Å². The van der Waals surface area contributed by atoms with Crippen LogP contribution in [0.2, 0.25) is 5.02 Å². The molecule has 1 unspecified atom stereocenters. The van der Waals surface area contributed by atoms with Crippen molar-refractivity contribution in [3.63, 3.8) is 0 Å². The van der Waals surface area contributed by atoms with Gasteiger partial charge in [-0.15, -0.1) is 0 Å². The van der Waals surface area contributed by atoms with Crippen molar-refractivity contribution in [3.05, 3.63) is 76.3 Å². The zero-order valence-electron chi connectivity index (χ0n) is 12.3. The minimum absolute atomic E-state index is 0.0818. The van der Waals surface area contributed by atoms with Crippen molar-refractivity contribution in [1.29, 1.82) is 0 Å². The van der Waals surface area contributed by atoms with Gasteiger partial charge in [-0.1, -0.05) is 54.1 Å². The van der Waals surface area contributed by atoms with Gasteiger partial charge in [0.15, 0.2) is 0 Å². The van der Waals surface area contributed by atoms with Crippen LogP contribution in [-0.4, -0.2) is 5.91 Å². The van der Waals surface area contributed by atoms with Crippen LogP contribution in [0.3, 0.4) is 0 Å². The number of fused-ring (bicyclic) bond motifs is 1. The van der Waals surface area contributed by atoms with Crippen molar-refractivity contribution in [3.8, 4) is 0 Å². The summed E-state index contributed by atoms with van der Waals surface area (Å²) in [5.74, 6) is -0.0818. The lowest BCUT2D eigenvalue weighted by atomic mass is 9.88. The van der Waals surface area contributed by atoms with Crippen LogP contribution >= 0.6 is 11.6 Å². The van der Waals surface area contributed by atoms with E-state index in [1.165, 1.54) is 11.1 Å². The van der Waals surface area contributed by atoms with Crippen molar-refractivity contribution in [2.45, 2.75) is 25.3 Å². The summed E-state index contributed by atoms with van der Waals surface area (Å²) < 4.78 is 0. The number of aryl methyl sites for hydroxylation is 1. The minimum atomic E-state index is -0.0818. The first-order chi connectivity index (χ1) is 10.7. The molecular weight excluding hydrogens is 294 g/mol. The molecule has 3 rings (SSSR count). The molecule has 0 aliphatic heterocycles. The van der Waals surface area contributed by atoms with E-state index in [1.54, 1.807) is 12.2 Å². The van der Waals surface area contributed by atoms with Gasteiger partial charge in [-0.05, 0) is 48.1 Å². The Balaban J connectivity index is 1.69. The molecule has 1 aliphatic carbocycles. The Bertz CT molecular complexity index is 708. The molecule has 0 fully saturated rings. The lowest BCUT2D eigenvalue weighted by molar-refractivity contribution is -0.117. The van der Waals surface area contributed by atoms with Crippen LogP contribution in [0.4, 0.5) is 0 Å². The molecule has 22 heavy (non-hydrogen) atoms. The Labute approximate surface area is 135 Å². The molecule has 1 aliphatic rings. The first-order valence-corrected chi connectivity index (χ1v) is 7.93. The number of benzene rings is 2.